The van der Waals surface area contributed by atoms with Crippen molar-refractivity contribution in [2.24, 2.45) is 0 Å². The molecule has 9 nitrogen and oxygen atoms in total. The molecule has 2 atom stereocenters. The van der Waals surface area contributed by atoms with E-state index < -0.39 is 26.5 Å². The smallest absolute Gasteiger partial charge is 0.462 e. The number of unbranched alkanes of at least 4 members (excludes halogenated alkanes) is 15. The Hall–Kier alpha value is -2.29. The third-order valence-corrected chi connectivity index (χ3v) is 9.17. The number of nitrogens with zero attached hydrogens (tertiary/aromatic N) is 1. The van der Waals surface area contributed by atoms with Crippen molar-refractivity contribution in [3.8, 4) is 0 Å². The predicted molar refractivity (Wildman–Crippen MR) is 215 cm³/mol. The minimum atomic E-state index is -4.39. The van der Waals surface area contributed by atoms with Gasteiger partial charge >= 0.3 is 19.8 Å². The number of phosphoric ester groups is 1. The average Bonchev–Trinajstić information content (AvgIpc) is 3.09. The first-order valence-electron chi connectivity index (χ1n) is 20.1. The third kappa shape index (κ3) is 37.5. The van der Waals surface area contributed by atoms with Crippen molar-refractivity contribution in [3.63, 3.8) is 0 Å². The van der Waals surface area contributed by atoms with Gasteiger partial charge in [0.05, 0.1) is 27.7 Å². The number of ether oxygens (including phenoxy) is 2. The van der Waals surface area contributed by atoms with Crippen LogP contribution >= 0.6 is 7.82 Å². The van der Waals surface area contributed by atoms with Gasteiger partial charge in [0.1, 0.15) is 19.8 Å². The van der Waals surface area contributed by atoms with E-state index in [0.717, 1.165) is 25.7 Å². The summed E-state index contributed by atoms with van der Waals surface area (Å²) in [6.07, 6.45) is 40.0. The van der Waals surface area contributed by atoms with Gasteiger partial charge in [-0.15, -0.1) is 0 Å². The fraction of sp³-hybridized carbons (Fsp3) is 0.714. The summed E-state index contributed by atoms with van der Waals surface area (Å²) in [6, 6.07) is 0. The molecule has 1 N–H and O–H groups in total. The van der Waals surface area contributed by atoms with Gasteiger partial charge < -0.3 is 18.9 Å². The topological polar surface area (TPSA) is 108 Å². The molecule has 0 heterocycles. The Labute approximate surface area is 317 Å². The second kappa shape index (κ2) is 34.5. The highest BCUT2D eigenvalue weighted by molar-refractivity contribution is 7.47. The standard InChI is InChI=1S/C42H74NO8P/c1-6-8-10-12-14-16-18-20-21-23-24-26-28-30-32-34-41(44)48-38-40(39-50-52(46,47)49-37-36-43(3,4)5)51-42(45)35-33-31-29-27-25-22-19-17-15-13-11-9-7-2/h9,11,13,15,17,19,22,25,27,29,40H,6-8,10,12,14,16,18,20-21,23-24,26,28,30-39H2,1-5H3/p+1/b11-9+,15-13+,19-17+,25-22+,29-27+. The van der Waals surface area contributed by atoms with Crippen LogP contribution in [0.2, 0.25) is 0 Å². The lowest BCUT2D eigenvalue weighted by atomic mass is 10.0. The van der Waals surface area contributed by atoms with E-state index in [9.17, 15) is 19.0 Å². The molecule has 0 fully saturated rings. The number of phosphoric acid groups is 1. The lowest BCUT2D eigenvalue weighted by Gasteiger charge is -2.24. The van der Waals surface area contributed by atoms with Crippen molar-refractivity contribution in [3.05, 3.63) is 60.8 Å². The van der Waals surface area contributed by atoms with E-state index >= 15 is 0 Å². The van der Waals surface area contributed by atoms with Crippen LogP contribution in [0.25, 0.3) is 0 Å². The SMILES string of the molecule is CC/C=C/C=C/C=C/C=C/C=C/CCCC(=O)OC(COC(=O)CCCCCCCCCCCCCCCCC)COP(=O)(O)OCC[N+](C)(C)C. The predicted octanol–water partition coefficient (Wildman–Crippen LogP) is 10.9. The second-order valence-corrected chi connectivity index (χ2v) is 15.9. The van der Waals surface area contributed by atoms with Crippen LogP contribution in [0.15, 0.2) is 60.8 Å². The van der Waals surface area contributed by atoms with Crippen LogP contribution in [0.3, 0.4) is 0 Å². The zero-order chi connectivity index (χ0) is 38.6. The molecule has 300 valence electrons. The summed E-state index contributed by atoms with van der Waals surface area (Å²) in [6.45, 7) is 4.17. The molecule has 0 aliphatic heterocycles. The summed E-state index contributed by atoms with van der Waals surface area (Å²) < 4.78 is 34.1. The molecule has 0 aliphatic rings. The van der Waals surface area contributed by atoms with E-state index in [2.05, 4.69) is 19.9 Å². The number of quaternary nitrogens is 1. The monoisotopic (exact) mass is 753 g/mol. The molecule has 0 spiro atoms. The van der Waals surface area contributed by atoms with Crippen molar-refractivity contribution in [2.75, 3.05) is 47.5 Å². The lowest BCUT2D eigenvalue weighted by molar-refractivity contribution is -0.870. The number of esters is 2. The van der Waals surface area contributed by atoms with Crippen molar-refractivity contribution in [1.82, 2.24) is 0 Å². The molecule has 0 saturated heterocycles. The lowest BCUT2D eigenvalue weighted by Crippen LogP contribution is -2.37. The first-order valence-corrected chi connectivity index (χ1v) is 21.6. The minimum absolute atomic E-state index is 0.0165. The molecular weight excluding hydrogens is 677 g/mol. The van der Waals surface area contributed by atoms with Gasteiger partial charge in [0.2, 0.25) is 0 Å². The molecule has 0 rings (SSSR count). The molecule has 0 aromatic rings. The Bertz CT molecular complexity index is 1080. The fourth-order valence-electron chi connectivity index (χ4n) is 5.04. The van der Waals surface area contributed by atoms with Crippen molar-refractivity contribution in [2.45, 2.75) is 148 Å². The van der Waals surface area contributed by atoms with E-state index in [1.807, 2.05) is 75.8 Å². The summed E-state index contributed by atoms with van der Waals surface area (Å²) >= 11 is 0. The first kappa shape index (κ1) is 49.7. The van der Waals surface area contributed by atoms with Crippen LogP contribution in [-0.2, 0) is 32.7 Å². The maximum absolute atomic E-state index is 12.6. The van der Waals surface area contributed by atoms with Crippen molar-refractivity contribution >= 4 is 19.8 Å². The molecule has 52 heavy (non-hydrogen) atoms. The van der Waals surface area contributed by atoms with Crippen LogP contribution in [0.1, 0.15) is 142 Å². The maximum Gasteiger partial charge on any atom is 0.472 e. The van der Waals surface area contributed by atoms with Crippen LogP contribution in [0.5, 0.6) is 0 Å². The summed E-state index contributed by atoms with van der Waals surface area (Å²) in [7, 11) is 1.42. The number of hydrogen-bond donors (Lipinski definition) is 1. The van der Waals surface area contributed by atoms with Crippen LogP contribution in [0, 0.1) is 0 Å². The van der Waals surface area contributed by atoms with Gasteiger partial charge in [-0.1, -0.05) is 164 Å². The largest absolute Gasteiger partial charge is 0.472 e. The fourth-order valence-corrected chi connectivity index (χ4v) is 5.78. The van der Waals surface area contributed by atoms with Gasteiger partial charge in [-0.3, -0.25) is 18.6 Å². The Kier molecular flexibility index (Phi) is 33.0. The third-order valence-electron chi connectivity index (χ3n) is 8.19. The number of hydrogen-bond acceptors (Lipinski definition) is 7. The maximum atomic E-state index is 12.6. The number of rotatable bonds is 35. The highest BCUT2D eigenvalue weighted by Gasteiger charge is 2.27. The number of carbonyl (C=O) groups is 2. The normalized spacial score (nSPS) is 14.3. The number of allylic oxidation sites excluding steroid dienone is 10. The molecular formula is C42H75NO8P+. The molecule has 10 heteroatoms. The first-order chi connectivity index (χ1) is 25.0. The zero-order valence-electron chi connectivity index (χ0n) is 33.5. The molecule has 0 aromatic carbocycles. The van der Waals surface area contributed by atoms with Gasteiger partial charge in [0.25, 0.3) is 0 Å². The van der Waals surface area contributed by atoms with Crippen LogP contribution in [0.4, 0.5) is 0 Å². The Morgan fingerprint density at radius 3 is 1.62 bits per heavy atom. The summed E-state index contributed by atoms with van der Waals surface area (Å²) in [4.78, 5) is 35.2. The average molecular weight is 753 g/mol. The highest BCUT2D eigenvalue weighted by atomic mass is 31.2. The van der Waals surface area contributed by atoms with E-state index in [-0.39, 0.29) is 32.0 Å². The Morgan fingerprint density at radius 2 is 1.10 bits per heavy atom. The second-order valence-electron chi connectivity index (χ2n) is 14.4. The van der Waals surface area contributed by atoms with Gasteiger partial charge in [-0.05, 0) is 25.7 Å². The van der Waals surface area contributed by atoms with E-state index in [1.54, 1.807) is 0 Å². The van der Waals surface area contributed by atoms with Crippen LogP contribution in [-0.4, -0.2) is 74.9 Å². The molecule has 0 saturated carbocycles. The highest BCUT2D eigenvalue weighted by Crippen LogP contribution is 2.43. The van der Waals surface area contributed by atoms with E-state index in [4.69, 9.17) is 18.5 Å². The Balaban J connectivity index is 4.51. The van der Waals surface area contributed by atoms with Gasteiger partial charge in [-0.25, -0.2) is 4.57 Å². The number of carbonyl (C=O) groups excluding carboxylic acids is 2. The van der Waals surface area contributed by atoms with E-state index in [0.29, 0.717) is 23.9 Å². The zero-order valence-corrected chi connectivity index (χ0v) is 34.4. The van der Waals surface area contributed by atoms with Crippen LogP contribution < -0.4 is 0 Å². The molecule has 2 unspecified atom stereocenters. The quantitative estimate of drug-likeness (QED) is 0.0224. The minimum Gasteiger partial charge on any atom is -0.462 e. The number of likely N-dealkylation sites (N-methyl/N-ethyl adjacent to an activating group) is 1. The van der Waals surface area contributed by atoms with Gasteiger partial charge in [-0.2, -0.15) is 0 Å². The molecule has 0 bridgehead atoms. The van der Waals surface area contributed by atoms with Crippen molar-refractivity contribution in [1.29, 1.82) is 0 Å². The molecule has 0 aromatic heterocycles. The summed E-state index contributed by atoms with van der Waals surface area (Å²) in [5.74, 6) is -0.888. The molecule has 0 aliphatic carbocycles. The van der Waals surface area contributed by atoms with Crippen molar-refractivity contribution < 1.29 is 42.1 Å². The summed E-state index contributed by atoms with van der Waals surface area (Å²) in [5, 5.41) is 0. The molecule has 0 radical (unpaired) electrons. The summed E-state index contributed by atoms with van der Waals surface area (Å²) in [5.41, 5.74) is 0. The van der Waals surface area contributed by atoms with Gasteiger partial charge in [0.15, 0.2) is 6.10 Å². The Morgan fingerprint density at radius 1 is 0.615 bits per heavy atom. The molecule has 0 amide bonds. The van der Waals surface area contributed by atoms with E-state index in [1.165, 1.54) is 77.0 Å². The van der Waals surface area contributed by atoms with Gasteiger partial charge in [0, 0.05) is 12.8 Å².